The van der Waals surface area contributed by atoms with Crippen molar-refractivity contribution in [3.05, 3.63) is 47.0 Å². The molecule has 0 heterocycles. The largest absolute Gasteiger partial charge is 0.422 e. The molecule has 0 aliphatic heterocycles. The van der Waals surface area contributed by atoms with E-state index in [0.717, 1.165) is 43.2 Å². The predicted molar refractivity (Wildman–Crippen MR) is 107 cm³/mol. The Morgan fingerprint density at radius 2 is 1.59 bits per heavy atom. The number of hydrogen-bond acceptors (Lipinski definition) is 0. The van der Waals surface area contributed by atoms with Crippen LogP contribution in [-0.4, -0.2) is 0 Å². The molecule has 0 saturated heterocycles. The highest BCUT2D eigenvalue weighted by Crippen LogP contribution is 2.40. The van der Waals surface area contributed by atoms with E-state index in [2.05, 4.69) is 6.92 Å². The summed E-state index contributed by atoms with van der Waals surface area (Å²) < 4.78 is 67.0. The van der Waals surface area contributed by atoms with Crippen LogP contribution >= 0.6 is 0 Å². The minimum atomic E-state index is -5.05. The standard InChI is InChI=1S/C24H29F5/c1-2-3-4-5-6-7-16-8-10-17(11-9-16)18-12-13-20-19(14-18)15-21(25)22(23(20)26)24(27,28)29/h12-17H,2-11H2,1H3. The molecule has 1 aliphatic carbocycles. The van der Waals surface area contributed by atoms with Gasteiger partial charge in [0, 0.05) is 5.39 Å². The van der Waals surface area contributed by atoms with Gasteiger partial charge >= 0.3 is 6.18 Å². The lowest BCUT2D eigenvalue weighted by molar-refractivity contribution is -0.142. The molecule has 160 valence electrons. The highest BCUT2D eigenvalue weighted by Gasteiger charge is 2.38. The molecule has 0 nitrogen and oxygen atoms in total. The first-order valence-corrected chi connectivity index (χ1v) is 10.8. The second-order valence-electron chi connectivity index (χ2n) is 8.45. The quantitative estimate of drug-likeness (QED) is 0.315. The molecule has 1 saturated carbocycles. The van der Waals surface area contributed by atoms with Crippen LogP contribution in [-0.2, 0) is 6.18 Å². The van der Waals surface area contributed by atoms with E-state index in [1.807, 2.05) is 0 Å². The molecular weight excluding hydrogens is 383 g/mol. The van der Waals surface area contributed by atoms with Crippen molar-refractivity contribution in [2.75, 3.05) is 0 Å². The van der Waals surface area contributed by atoms with Crippen molar-refractivity contribution in [1.29, 1.82) is 0 Å². The van der Waals surface area contributed by atoms with Crippen molar-refractivity contribution in [1.82, 2.24) is 0 Å². The van der Waals surface area contributed by atoms with Crippen LogP contribution in [0.2, 0.25) is 0 Å². The monoisotopic (exact) mass is 412 g/mol. The molecule has 0 bridgehead atoms. The van der Waals surface area contributed by atoms with Gasteiger partial charge in [-0.15, -0.1) is 0 Å². The van der Waals surface area contributed by atoms with Crippen LogP contribution in [0.3, 0.4) is 0 Å². The van der Waals surface area contributed by atoms with Gasteiger partial charge in [-0.3, -0.25) is 0 Å². The Morgan fingerprint density at radius 1 is 0.897 bits per heavy atom. The fourth-order valence-electron chi connectivity index (χ4n) is 4.68. The van der Waals surface area contributed by atoms with E-state index >= 15 is 0 Å². The van der Waals surface area contributed by atoms with Gasteiger partial charge in [0.15, 0.2) is 0 Å². The number of hydrogen-bond donors (Lipinski definition) is 0. The number of alkyl halides is 3. The van der Waals surface area contributed by atoms with Gasteiger partial charge in [0.1, 0.15) is 17.2 Å². The SMILES string of the molecule is CCCCCCCC1CCC(c2ccc3c(F)c(C(F)(F)F)c(F)cc3c2)CC1. The summed E-state index contributed by atoms with van der Waals surface area (Å²) in [6.45, 7) is 2.21. The predicted octanol–water partition coefficient (Wildman–Crippen LogP) is 8.77. The number of rotatable bonds is 7. The normalized spacial score (nSPS) is 20.3. The van der Waals surface area contributed by atoms with Crippen LogP contribution in [0, 0.1) is 17.6 Å². The summed E-state index contributed by atoms with van der Waals surface area (Å²) in [5.41, 5.74) is -0.838. The molecule has 0 spiro atoms. The zero-order valence-electron chi connectivity index (χ0n) is 16.9. The van der Waals surface area contributed by atoms with Crippen molar-refractivity contribution in [3.63, 3.8) is 0 Å². The molecule has 1 fully saturated rings. The van der Waals surface area contributed by atoms with Crippen LogP contribution < -0.4 is 0 Å². The van der Waals surface area contributed by atoms with Gasteiger partial charge in [0.05, 0.1) is 0 Å². The third kappa shape index (κ3) is 5.29. The van der Waals surface area contributed by atoms with Gasteiger partial charge in [-0.2, -0.15) is 13.2 Å². The van der Waals surface area contributed by atoms with E-state index in [4.69, 9.17) is 0 Å². The van der Waals surface area contributed by atoms with Crippen molar-refractivity contribution in [2.45, 2.75) is 83.2 Å². The van der Waals surface area contributed by atoms with E-state index in [1.165, 1.54) is 44.6 Å². The summed E-state index contributed by atoms with van der Waals surface area (Å²) in [5.74, 6) is -2.01. The maximum absolute atomic E-state index is 14.3. The third-order valence-corrected chi connectivity index (χ3v) is 6.37. The Bertz CT molecular complexity index is 816. The summed E-state index contributed by atoms with van der Waals surface area (Å²) in [7, 11) is 0. The molecular formula is C24H29F5. The van der Waals surface area contributed by atoms with Crippen LogP contribution in [0.5, 0.6) is 0 Å². The number of unbranched alkanes of at least 4 members (excludes halogenated alkanes) is 4. The zero-order chi connectivity index (χ0) is 21.0. The number of fused-ring (bicyclic) bond motifs is 1. The van der Waals surface area contributed by atoms with Crippen LogP contribution in [0.25, 0.3) is 10.8 Å². The Balaban J connectivity index is 1.66. The Labute approximate surface area is 169 Å². The van der Waals surface area contributed by atoms with Crippen LogP contribution in [0.4, 0.5) is 22.0 Å². The van der Waals surface area contributed by atoms with Gasteiger partial charge in [-0.1, -0.05) is 63.6 Å². The van der Waals surface area contributed by atoms with Crippen molar-refractivity contribution in [3.8, 4) is 0 Å². The molecule has 0 unspecified atom stereocenters. The lowest BCUT2D eigenvalue weighted by atomic mass is 9.76. The molecule has 1 aliphatic rings. The highest BCUT2D eigenvalue weighted by atomic mass is 19.4. The minimum absolute atomic E-state index is 0.178. The van der Waals surface area contributed by atoms with Gasteiger partial charge in [0.2, 0.25) is 0 Å². The summed E-state index contributed by atoms with van der Waals surface area (Å²) in [6.07, 6.45) is 7.02. The fourth-order valence-corrected chi connectivity index (χ4v) is 4.68. The lowest BCUT2D eigenvalue weighted by Crippen LogP contribution is -2.14. The summed E-state index contributed by atoms with van der Waals surface area (Å²) in [6, 6.07) is 5.55. The third-order valence-electron chi connectivity index (χ3n) is 6.37. The molecule has 0 radical (unpaired) electrons. The first-order valence-electron chi connectivity index (χ1n) is 10.8. The average molecular weight is 412 g/mol. The number of benzene rings is 2. The van der Waals surface area contributed by atoms with E-state index in [-0.39, 0.29) is 10.8 Å². The molecule has 0 aromatic heterocycles. The second kappa shape index (κ2) is 9.44. The van der Waals surface area contributed by atoms with Crippen molar-refractivity contribution in [2.24, 2.45) is 5.92 Å². The van der Waals surface area contributed by atoms with Gasteiger partial charge in [0.25, 0.3) is 0 Å². The zero-order valence-corrected chi connectivity index (χ0v) is 16.9. The van der Waals surface area contributed by atoms with E-state index < -0.39 is 23.4 Å². The first-order chi connectivity index (χ1) is 13.8. The van der Waals surface area contributed by atoms with Crippen LogP contribution in [0.15, 0.2) is 24.3 Å². The second-order valence-corrected chi connectivity index (χ2v) is 8.45. The summed E-state index contributed by atoms with van der Waals surface area (Å²) in [4.78, 5) is 0. The average Bonchev–Trinajstić information content (AvgIpc) is 2.67. The van der Waals surface area contributed by atoms with E-state index in [0.29, 0.717) is 5.92 Å². The molecule has 0 atom stereocenters. The highest BCUT2D eigenvalue weighted by molar-refractivity contribution is 5.85. The minimum Gasteiger partial charge on any atom is -0.206 e. The molecule has 29 heavy (non-hydrogen) atoms. The van der Waals surface area contributed by atoms with E-state index in [9.17, 15) is 22.0 Å². The van der Waals surface area contributed by atoms with Crippen LogP contribution in [0.1, 0.15) is 88.2 Å². The van der Waals surface area contributed by atoms with Crippen molar-refractivity contribution >= 4 is 10.8 Å². The Morgan fingerprint density at radius 3 is 2.24 bits per heavy atom. The topological polar surface area (TPSA) is 0 Å². The van der Waals surface area contributed by atoms with Gasteiger partial charge in [-0.05, 0) is 54.5 Å². The van der Waals surface area contributed by atoms with E-state index in [1.54, 1.807) is 12.1 Å². The lowest BCUT2D eigenvalue weighted by Gasteiger charge is -2.29. The van der Waals surface area contributed by atoms with Gasteiger partial charge in [-0.25, -0.2) is 8.78 Å². The number of halogens is 5. The smallest absolute Gasteiger partial charge is 0.206 e. The molecule has 0 N–H and O–H groups in total. The van der Waals surface area contributed by atoms with Gasteiger partial charge < -0.3 is 0 Å². The van der Waals surface area contributed by atoms with Crippen molar-refractivity contribution < 1.29 is 22.0 Å². The summed E-state index contributed by atoms with van der Waals surface area (Å²) in [5, 5.41) is 0.0202. The molecule has 0 amide bonds. The molecule has 3 rings (SSSR count). The Hall–Kier alpha value is -1.65. The maximum atomic E-state index is 14.3. The first kappa shape index (κ1) is 22.0. The maximum Gasteiger partial charge on any atom is 0.422 e. The molecule has 2 aromatic rings. The molecule has 5 heteroatoms. The Kier molecular flexibility index (Phi) is 7.18. The molecule has 2 aromatic carbocycles. The summed E-state index contributed by atoms with van der Waals surface area (Å²) >= 11 is 0. The fraction of sp³-hybridized carbons (Fsp3) is 0.583.